The van der Waals surface area contributed by atoms with E-state index in [4.69, 9.17) is 17.3 Å². The molecule has 0 amide bonds. The molecule has 2 aromatic rings. The van der Waals surface area contributed by atoms with Gasteiger partial charge in [-0.1, -0.05) is 23.7 Å². The van der Waals surface area contributed by atoms with E-state index in [0.29, 0.717) is 16.3 Å². The molecule has 0 saturated heterocycles. The zero-order chi connectivity index (χ0) is 13.8. The first kappa shape index (κ1) is 14.4. The molecule has 0 aliphatic rings. The SMILES string of the molecule is Cc1ccc(C(N)CSc2ccc(Cl)cc2)cc1F. The van der Waals surface area contributed by atoms with Gasteiger partial charge in [0, 0.05) is 21.7 Å². The van der Waals surface area contributed by atoms with E-state index in [9.17, 15) is 4.39 Å². The van der Waals surface area contributed by atoms with Gasteiger partial charge >= 0.3 is 0 Å². The van der Waals surface area contributed by atoms with Crippen LogP contribution in [0.25, 0.3) is 0 Å². The van der Waals surface area contributed by atoms with Crippen molar-refractivity contribution in [1.29, 1.82) is 0 Å². The molecule has 0 radical (unpaired) electrons. The zero-order valence-electron chi connectivity index (χ0n) is 10.6. The predicted octanol–water partition coefficient (Wildman–Crippen LogP) is 4.58. The molecule has 19 heavy (non-hydrogen) atoms. The molecule has 2 aromatic carbocycles. The smallest absolute Gasteiger partial charge is 0.126 e. The predicted molar refractivity (Wildman–Crippen MR) is 80.2 cm³/mol. The van der Waals surface area contributed by atoms with Crippen LogP contribution in [0.15, 0.2) is 47.4 Å². The summed E-state index contributed by atoms with van der Waals surface area (Å²) < 4.78 is 13.5. The molecular formula is C15H15ClFNS. The Morgan fingerprint density at radius 2 is 1.89 bits per heavy atom. The van der Waals surface area contributed by atoms with Crippen molar-refractivity contribution in [1.82, 2.24) is 0 Å². The van der Waals surface area contributed by atoms with Crippen molar-refractivity contribution in [3.05, 3.63) is 64.4 Å². The van der Waals surface area contributed by atoms with Crippen LogP contribution in [0.3, 0.4) is 0 Å². The highest BCUT2D eigenvalue weighted by atomic mass is 35.5. The number of rotatable bonds is 4. The highest BCUT2D eigenvalue weighted by molar-refractivity contribution is 7.99. The van der Waals surface area contributed by atoms with Crippen LogP contribution in [-0.2, 0) is 0 Å². The first-order chi connectivity index (χ1) is 9.06. The van der Waals surface area contributed by atoms with Crippen LogP contribution in [0.4, 0.5) is 4.39 Å². The average molecular weight is 296 g/mol. The fourth-order valence-electron chi connectivity index (χ4n) is 1.65. The summed E-state index contributed by atoms with van der Waals surface area (Å²) in [6.45, 7) is 1.74. The summed E-state index contributed by atoms with van der Waals surface area (Å²) in [6, 6.07) is 12.6. The second-order valence-electron chi connectivity index (χ2n) is 4.38. The van der Waals surface area contributed by atoms with Crippen LogP contribution >= 0.6 is 23.4 Å². The van der Waals surface area contributed by atoms with Crippen molar-refractivity contribution < 1.29 is 4.39 Å². The third-order valence-electron chi connectivity index (χ3n) is 2.87. The summed E-state index contributed by atoms with van der Waals surface area (Å²) in [5, 5.41) is 0.717. The molecule has 2 rings (SSSR count). The molecule has 2 N–H and O–H groups in total. The minimum absolute atomic E-state index is 0.184. The van der Waals surface area contributed by atoms with E-state index >= 15 is 0 Å². The standard InChI is InChI=1S/C15H15ClFNS/c1-10-2-3-11(8-14(10)17)15(18)9-19-13-6-4-12(16)5-7-13/h2-8,15H,9,18H2,1H3. The van der Waals surface area contributed by atoms with Crippen LogP contribution in [0.2, 0.25) is 5.02 Å². The number of benzene rings is 2. The lowest BCUT2D eigenvalue weighted by Crippen LogP contribution is -2.13. The quantitative estimate of drug-likeness (QED) is 0.836. The molecule has 0 bridgehead atoms. The van der Waals surface area contributed by atoms with Crippen molar-refractivity contribution in [2.75, 3.05) is 5.75 Å². The topological polar surface area (TPSA) is 26.0 Å². The van der Waals surface area contributed by atoms with Crippen LogP contribution in [0.1, 0.15) is 17.2 Å². The molecular weight excluding hydrogens is 281 g/mol. The van der Waals surface area contributed by atoms with E-state index in [1.54, 1.807) is 24.8 Å². The fraction of sp³-hybridized carbons (Fsp3) is 0.200. The largest absolute Gasteiger partial charge is 0.323 e. The van der Waals surface area contributed by atoms with Gasteiger partial charge in [-0.3, -0.25) is 0 Å². The van der Waals surface area contributed by atoms with Gasteiger partial charge < -0.3 is 5.73 Å². The van der Waals surface area contributed by atoms with E-state index in [1.807, 2.05) is 30.3 Å². The molecule has 0 aliphatic heterocycles. The summed E-state index contributed by atoms with van der Waals surface area (Å²) in [7, 11) is 0. The Kier molecular flexibility index (Phi) is 4.86. The second-order valence-corrected chi connectivity index (χ2v) is 5.91. The maximum Gasteiger partial charge on any atom is 0.126 e. The maximum absolute atomic E-state index is 13.5. The van der Waals surface area contributed by atoms with E-state index < -0.39 is 0 Å². The lowest BCUT2D eigenvalue weighted by molar-refractivity contribution is 0.613. The molecule has 0 aliphatic carbocycles. The molecule has 1 atom stereocenters. The van der Waals surface area contributed by atoms with Crippen molar-refractivity contribution in [3.8, 4) is 0 Å². The van der Waals surface area contributed by atoms with Gasteiger partial charge in [0.15, 0.2) is 0 Å². The number of hydrogen-bond acceptors (Lipinski definition) is 2. The number of aryl methyl sites for hydroxylation is 1. The van der Waals surface area contributed by atoms with Gasteiger partial charge in [0.05, 0.1) is 0 Å². The third kappa shape index (κ3) is 3.96. The van der Waals surface area contributed by atoms with Gasteiger partial charge in [-0.25, -0.2) is 4.39 Å². The molecule has 100 valence electrons. The lowest BCUT2D eigenvalue weighted by Gasteiger charge is -2.12. The van der Waals surface area contributed by atoms with Gasteiger partial charge in [-0.05, 0) is 48.4 Å². The maximum atomic E-state index is 13.5. The number of halogens is 2. The highest BCUT2D eigenvalue weighted by Crippen LogP contribution is 2.25. The summed E-state index contributed by atoms with van der Waals surface area (Å²) in [5.74, 6) is 0.494. The minimum Gasteiger partial charge on any atom is -0.323 e. The Balaban J connectivity index is 1.98. The Labute approximate surface area is 122 Å². The lowest BCUT2D eigenvalue weighted by atomic mass is 10.1. The third-order valence-corrected chi connectivity index (χ3v) is 4.25. The normalized spacial score (nSPS) is 12.4. The number of nitrogens with two attached hydrogens (primary N) is 1. The van der Waals surface area contributed by atoms with Crippen LogP contribution < -0.4 is 5.73 Å². The summed E-state index contributed by atoms with van der Waals surface area (Å²) >= 11 is 7.46. The molecule has 1 unspecified atom stereocenters. The summed E-state index contributed by atoms with van der Waals surface area (Å²) in [6.07, 6.45) is 0. The van der Waals surface area contributed by atoms with Gasteiger partial charge in [0.2, 0.25) is 0 Å². The molecule has 4 heteroatoms. The van der Waals surface area contributed by atoms with E-state index in [0.717, 1.165) is 10.5 Å². The van der Waals surface area contributed by atoms with Gasteiger partial charge in [0.25, 0.3) is 0 Å². The number of hydrogen-bond donors (Lipinski definition) is 1. The van der Waals surface area contributed by atoms with E-state index in [1.165, 1.54) is 6.07 Å². The Morgan fingerprint density at radius 3 is 2.53 bits per heavy atom. The van der Waals surface area contributed by atoms with Gasteiger partial charge in [0.1, 0.15) is 5.82 Å². The Hall–Kier alpha value is -1.03. The minimum atomic E-state index is -0.204. The molecule has 1 nitrogen and oxygen atoms in total. The van der Waals surface area contributed by atoms with Crippen molar-refractivity contribution in [2.45, 2.75) is 17.9 Å². The molecule has 0 spiro atoms. The van der Waals surface area contributed by atoms with Crippen molar-refractivity contribution in [2.24, 2.45) is 5.73 Å². The first-order valence-corrected chi connectivity index (χ1v) is 7.32. The van der Waals surface area contributed by atoms with Crippen LogP contribution in [-0.4, -0.2) is 5.75 Å². The first-order valence-electron chi connectivity index (χ1n) is 5.96. The Morgan fingerprint density at radius 1 is 1.21 bits per heavy atom. The molecule has 0 heterocycles. The van der Waals surface area contributed by atoms with Crippen molar-refractivity contribution in [3.63, 3.8) is 0 Å². The monoisotopic (exact) mass is 295 g/mol. The van der Waals surface area contributed by atoms with Crippen molar-refractivity contribution >= 4 is 23.4 Å². The Bertz CT molecular complexity index is 557. The molecule has 0 aromatic heterocycles. The molecule has 0 saturated carbocycles. The average Bonchev–Trinajstić information content (AvgIpc) is 2.41. The summed E-state index contributed by atoms with van der Waals surface area (Å²) in [5.41, 5.74) is 7.54. The van der Waals surface area contributed by atoms with Gasteiger partial charge in [-0.2, -0.15) is 0 Å². The highest BCUT2D eigenvalue weighted by Gasteiger charge is 2.09. The fourth-order valence-corrected chi connectivity index (χ4v) is 2.67. The van der Waals surface area contributed by atoms with E-state index in [2.05, 4.69) is 0 Å². The second kappa shape index (κ2) is 6.42. The summed E-state index contributed by atoms with van der Waals surface area (Å²) in [4.78, 5) is 1.10. The molecule has 0 fully saturated rings. The van der Waals surface area contributed by atoms with E-state index in [-0.39, 0.29) is 11.9 Å². The van der Waals surface area contributed by atoms with Gasteiger partial charge in [-0.15, -0.1) is 11.8 Å². The van der Waals surface area contributed by atoms with Crippen LogP contribution in [0.5, 0.6) is 0 Å². The number of thioether (sulfide) groups is 1. The zero-order valence-corrected chi connectivity index (χ0v) is 12.1. The van der Waals surface area contributed by atoms with Crippen LogP contribution in [0, 0.1) is 12.7 Å².